The Hall–Kier alpha value is -2.91. The summed E-state index contributed by atoms with van der Waals surface area (Å²) in [5.41, 5.74) is -0.0400. The van der Waals surface area contributed by atoms with Crippen molar-refractivity contribution in [1.82, 2.24) is 9.69 Å². The maximum absolute atomic E-state index is 12.7. The average Bonchev–Trinajstić information content (AvgIpc) is 3.41. The molecule has 0 atom stereocenters. The summed E-state index contributed by atoms with van der Waals surface area (Å²) in [6.45, 7) is 1.18. The molecule has 0 radical (unpaired) electrons. The molecule has 0 fully saturated rings. The van der Waals surface area contributed by atoms with E-state index in [0.29, 0.717) is 23.5 Å². The van der Waals surface area contributed by atoms with Gasteiger partial charge in [-0.1, -0.05) is 24.3 Å². The number of halogens is 3. The molecule has 0 bridgehead atoms. The van der Waals surface area contributed by atoms with Crippen molar-refractivity contribution in [2.75, 3.05) is 18.4 Å². The van der Waals surface area contributed by atoms with E-state index < -0.39 is 11.7 Å². The molecule has 9 heteroatoms. The first-order valence-corrected chi connectivity index (χ1v) is 11.1. The Labute approximate surface area is 184 Å². The highest BCUT2D eigenvalue weighted by Gasteiger charge is 2.30. The predicted molar refractivity (Wildman–Crippen MR) is 120 cm³/mol. The molecule has 2 aromatic carbocycles. The van der Waals surface area contributed by atoms with Crippen molar-refractivity contribution in [3.63, 3.8) is 0 Å². The molecule has 0 saturated carbocycles. The Morgan fingerprint density at radius 3 is 2.52 bits per heavy atom. The number of hydrogen-bond acceptors (Lipinski definition) is 5. The molecule has 2 aromatic heterocycles. The minimum absolute atomic E-state index is 0.192. The second-order valence-electron chi connectivity index (χ2n) is 6.80. The molecule has 0 spiro atoms. The quantitative estimate of drug-likeness (QED) is 0.319. The van der Waals surface area contributed by atoms with E-state index >= 15 is 0 Å². The molecule has 4 nitrogen and oxygen atoms in total. The minimum atomic E-state index is -4.36. The number of hydrogen-bond donors (Lipinski definition) is 2. The van der Waals surface area contributed by atoms with Crippen molar-refractivity contribution in [3.05, 3.63) is 71.1 Å². The molecular formula is C22H18F3N3OS2. The number of anilines is 1. The van der Waals surface area contributed by atoms with Crippen LogP contribution in [-0.4, -0.2) is 23.4 Å². The van der Waals surface area contributed by atoms with Gasteiger partial charge in [-0.2, -0.15) is 17.5 Å². The minimum Gasteiger partial charge on any atom is -0.369 e. The summed E-state index contributed by atoms with van der Waals surface area (Å²) in [5, 5.41) is 7.26. The number of carbonyl (C=O) groups excluding carboxylic acids is 1. The largest absolute Gasteiger partial charge is 0.416 e. The van der Waals surface area contributed by atoms with Crippen LogP contribution in [0.2, 0.25) is 0 Å². The first kappa shape index (κ1) is 21.3. The van der Waals surface area contributed by atoms with Crippen LogP contribution in [0, 0.1) is 0 Å². The SMILES string of the molecule is O=C(NCCCNc1nsc2ccccc12)c1ccc(-c2ccc(C(F)(F)F)cc2)s1. The van der Waals surface area contributed by atoms with Crippen LogP contribution < -0.4 is 10.6 Å². The Balaban J connectivity index is 1.26. The lowest BCUT2D eigenvalue weighted by atomic mass is 10.1. The zero-order chi connectivity index (χ0) is 21.8. The number of thiophene rings is 1. The van der Waals surface area contributed by atoms with Gasteiger partial charge in [0.25, 0.3) is 5.91 Å². The lowest BCUT2D eigenvalue weighted by Crippen LogP contribution is -2.25. The van der Waals surface area contributed by atoms with Crippen LogP contribution >= 0.6 is 22.9 Å². The summed E-state index contributed by atoms with van der Waals surface area (Å²) in [6.07, 6.45) is -3.63. The molecule has 0 aliphatic rings. The Morgan fingerprint density at radius 1 is 0.968 bits per heavy atom. The van der Waals surface area contributed by atoms with E-state index in [4.69, 9.17) is 0 Å². The molecule has 31 heavy (non-hydrogen) atoms. The third-order valence-electron chi connectivity index (χ3n) is 4.64. The topological polar surface area (TPSA) is 54.0 Å². The van der Waals surface area contributed by atoms with Gasteiger partial charge < -0.3 is 10.6 Å². The monoisotopic (exact) mass is 461 g/mol. The van der Waals surface area contributed by atoms with Crippen molar-refractivity contribution in [1.29, 1.82) is 0 Å². The molecule has 0 unspecified atom stereocenters. The molecule has 160 valence electrons. The van der Waals surface area contributed by atoms with Crippen LogP contribution in [-0.2, 0) is 6.18 Å². The van der Waals surface area contributed by atoms with Gasteiger partial charge >= 0.3 is 6.18 Å². The zero-order valence-electron chi connectivity index (χ0n) is 16.2. The average molecular weight is 462 g/mol. The van der Waals surface area contributed by atoms with Crippen LogP contribution in [0.3, 0.4) is 0 Å². The lowest BCUT2D eigenvalue weighted by Gasteiger charge is -2.07. The molecule has 0 aliphatic heterocycles. The summed E-state index contributed by atoms with van der Waals surface area (Å²) < 4.78 is 43.6. The van der Waals surface area contributed by atoms with E-state index in [1.807, 2.05) is 24.3 Å². The van der Waals surface area contributed by atoms with E-state index in [1.165, 1.54) is 35.0 Å². The number of nitrogens with one attached hydrogen (secondary N) is 2. The number of amides is 1. The molecule has 1 amide bonds. The van der Waals surface area contributed by atoms with E-state index in [2.05, 4.69) is 15.0 Å². The fourth-order valence-electron chi connectivity index (χ4n) is 3.04. The molecule has 0 aliphatic carbocycles. The van der Waals surface area contributed by atoms with Gasteiger partial charge in [0.1, 0.15) is 5.82 Å². The third-order valence-corrected chi connectivity index (χ3v) is 6.60. The highest BCUT2D eigenvalue weighted by Crippen LogP contribution is 2.33. The zero-order valence-corrected chi connectivity index (χ0v) is 17.8. The highest BCUT2D eigenvalue weighted by atomic mass is 32.1. The maximum atomic E-state index is 12.7. The third kappa shape index (κ3) is 5.05. The Kier molecular flexibility index (Phi) is 6.24. The van der Waals surface area contributed by atoms with Gasteiger partial charge in [0.2, 0.25) is 0 Å². The predicted octanol–water partition coefficient (Wildman–Crippen LogP) is 6.28. The van der Waals surface area contributed by atoms with Crippen molar-refractivity contribution in [2.24, 2.45) is 0 Å². The summed E-state index contributed by atoms with van der Waals surface area (Å²) in [4.78, 5) is 13.6. The normalized spacial score (nSPS) is 11.6. The number of nitrogens with zero attached hydrogens (tertiary/aromatic N) is 1. The number of benzene rings is 2. The van der Waals surface area contributed by atoms with E-state index in [-0.39, 0.29) is 5.91 Å². The van der Waals surface area contributed by atoms with Crippen LogP contribution in [0.25, 0.3) is 20.5 Å². The molecule has 2 N–H and O–H groups in total. The second kappa shape index (κ2) is 9.07. The number of alkyl halides is 3. The molecular weight excluding hydrogens is 443 g/mol. The highest BCUT2D eigenvalue weighted by molar-refractivity contribution is 7.17. The summed E-state index contributed by atoms with van der Waals surface area (Å²) >= 11 is 2.70. The number of aromatic nitrogens is 1. The van der Waals surface area contributed by atoms with Gasteiger partial charge in [-0.15, -0.1) is 11.3 Å². The Bertz CT molecular complexity index is 1180. The van der Waals surface area contributed by atoms with Crippen molar-refractivity contribution in [3.8, 4) is 10.4 Å². The molecule has 4 aromatic rings. The smallest absolute Gasteiger partial charge is 0.369 e. The molecule has 4 rings (SSSR count). The fraction of sp³-hybridized carbons (Fsp3) is 0.182. The van der Waals surface area contributed by atoms with Gasteiger partial charge in [0.15, 0.2) is 0 Å². The Morgan fingerprint density at radius 2 is 1.74 bits per heavy atom. The van der Waals surface area contributed by atoms with Crippen LogP contribution in [0.4, 0.5) is 19.0 Å². The van der Waals surface area contributed by atoms with E-state index in [9.17, 15) is 18.0 Å². The number of fused-ring (bicyclic) bond motifs is 1. The lowest BCUT2D eigenvalue weighted by molar-refractivity contribution is -0.137. The summed E-state index contributed by atoms with van der Waals surface area (Å²) in [7, 11) is 0. The first-order chi connectivity index (χ1) is 14.9. The van der Waals surface area contributed by atoms with Crippen molar-refractivity contribution in [2.45, 2.75) is 12.6 Å². The maximum Gasteiger partial charge on any atom is 0.416 e. The van der Waals surface area contributed by atoms with Gasteiger partial charge in [-0.3, -0.25) is 4.79 Å². The first-order valence-electron chi connectivity index (χ1n) is 9.56. The fourth-order valence-corrected chi connectivity index (χ4v) is 4.72. The van der Waals surface area contributed by atoms with Gasteiger partial charge in [-0.25, -0.2) is 0 Å². The van der Waals surface area contributed by atoms with Crippen molar-refractivity contribution < 1.29 is 18.0 Å². The number of carbonyl (C=O) groups is 1. The van der Waals surface area contributed by atoms with Crippen molar-refractivity contribution >= 4 is 44.7 Å². The van der Waals surface area contributed by atoms with E-state index in [1.54, 1.807) is 12.1 Å². The van der Waals surface area contributed by atoms with Gasteiger partial charge in [0.05, 0.1) is 15.1 Å². The molecule has 2 heterocycles. The van der Waals surface area contributed by atoms with Gasteiger partial charge in [0, 0.05) is 23.4 Å². The summed E-state index contributed by atoms with van der Waals surface area (Å²) in [6, 6.07) is 16.4. The second-order valence-corrected chi connectivity index (χ2v) is 8.69. The van der Waals surface area contributed by atoms with Crippen LogP contribution in [0.1, 0.15) is 21.7 Å². The van der Waals surface area contributed by atoms with Crippen LogP contribution in [0.5, 0.6) is 0 Å². The van der Waals surface area contributed by atoms with E-state index in [0.717, 1.165) is 39.3 Å². The van der Waals surface area contributed by atoms with Gasteiger partial charge in [-0.05, 0) is 59.9 Å². The van der Waals surface area contributed by atoms with Crippen LogP contribution in [0.15, 0.2) is 60.7 Å². The number of rotatable bonds is 7. The summed E-state index contributed by atoms with van der Waals surface area (Å²) in [5.74, 6) is 0.661. The molecule has 0 saturated heterocycles. The standard InChI is InChI=1S/C22H18F3N3OS2/c23-22(24,25)15-8-6-14(7-9-15)17-10-11-19(30-17)21(29)27-13-3-12-26-20-16-4-1-2-5-18(16)31-28-20/h1-2,4-11H,3,12-13H2,(H,26,28)(H,27,29).